The zero-order valence-corrected chi connectivity index (χ0v) is 16.8. The van der Waals surface area contributed by atoms with Crippen molar-refractivity contribution in [1.82, 2.24) is 20.5 Å². The van der Waals surface area contributed by atoms with Crippen LogP contribution in [0.25, 0.3) is 0 Å². The minimum absolute atomic E-state index is 0.149. The van der Waals surface area contributed by atoms with Crippen LogP contribution in [0.3, 0.4) is 0 Å². The minimum atomic E-state index is -1.09. The van der Waals surface area contributed by atoms with E-state index >= 15 is 0 Å². The van der Waals surface area contributed by atoms with Gasteiger partial charge in [0.1, 0.15) is 6.04 Å². The number of ketones is 1. The molecule has 0 bridgehead atoms. The Balaban J connectivity index is 1.62. The van der Waals surface area contributed by atoms with E-state index in [1.807, 2.05) is 54.6 Å². The molecule has 0 saturated carbocycles. The molecule has 5 N–H and O–H groups in total. The molecule has 2 heterocycles. The van der Waals surface area contributed by atoms with Gasteiger partial charge in [0.25, 0.3) is 11.8 Å². The van der Waals surface area contributed by atoms with E-state index in [2.05, 4.69) is 21.3 Å². The number of primary amides is 1. The van der Waals surface area contributed by atoms with E-state index in [1.165, 1.54) is 6.20 Å². The molecule has 2 atom stereocenters. The highest BCUT2D eigenvalue weighted by Gasteiger charge is 2.32. The largest absolute Gasteiger partial charge is 0.363 e. The molecule has 1 aliphatic rings. The lowest BCUT2D eigenvalue weighted by Gasteiger charge is -2.18. The van der Waals surface area contributed by atoms with Crippen LogP contribution in [0, 0.1) is 0 Å². The van der Waals surface area contributed by atoms with Crippen molar-refractivity contribution in [3.05, 3.63) is 83.2 Å². The molecular weight excluding hydrogens is 396 g/mol. The molecule has 9 heteroatoms. The van der Waals surface area contributed by atoms with E-state index in [0.717, 1.165) is 16.8 Å². The van der Waals surface area contributed by atoms with Gasteiger partial charge in [-0.25, -0.2) is 5.43 Å². The Kier molecular flexibility index (Phi) is 5.50. The quantitative estimate of drug-likeness (QED) is 0.421. The number of hydrogen-bond acceptors (Lipinski definition) is 6. The first kappa shape index (κ1) is 20.3. The lowest BCUT2D eigenvalue weighted by atomic mass is 9.99. The first-order chi connectivity index (χ1) is 15.0. The van der Waals surface area contributed by atoms with Gasteiger partial charge in [-0.3, -0.25) is 19.1 Å². The van der Waals surface area contributed by atoms with E-state index in [9.17, 15) is 14.4 Å². The van der Waals surface area contributed by atoms with E-state index in [1.54, 1.807) is 11.7 Å². The summed E-state index contributed by atoms with van der Waals surface area (Å²) >= 11 is 0. The zero-order chi connectivity index (χ0) is 22.0. The first-order valence-corrected chi connectivity index (χ1v) is 9.76. The monoisotopic (exact) mass is 418 g/mol. The molecule has 1 aromatic heterocycles. The first-order valence-electron chi connectivity index (χ1n) is 9.76. The molecule has 2 aromatic carbocycles. The van der Waals surface area contributed by atoms with Gasteiger partial charge in [0, 0.05) is 19.0 Å². The van der Waals surface area contributed by atoms with Crippen LogP contribution in [-0.4, -0.2) is 33.4 Å². The summed E-state index contributed by atoms with van der Waals surface area (Å²) < 4.78 is 1.61. The molecule has 1 aliphatic heterocycles. The fourth-order valence-electron chi connectivity index (χ4n) is 3.74. The fourth-order valence-corrected chi connectivity index (χ4v) is 3.74. The van der Waals surface area contributed by atoms with Crippen LogP contribution in [0.15, 0.2) is 60.8 Å². The molecule has 2 amide bonds. The average Bonchev–Trinajstić information content (AvgIpc) is 3.36. The van der Waals surface area contributed by atoms with Crippen LogP contribution in [0.2, 0.25) is 0 Å². The molecular formula is C22H22N6O3. The van der Waals surface area contributed by atoms with Crippen molar-refractivity contribution in [2.75, 3.05) is 5.43 Å². The van der Waals surface area contributed by atoms with Crippen LogP contribution < -0.4 is 21.9 Å². The number of aromatic nitrogens is 2. The molecule has 0 aliphatic carbocycles. The summed E-state index contributed by atoms with van der Waals surface area (Å²) in [4.78, 5) is 37.1. The number of carbonyl (C=O) groups is 3. The summed E-state index contributed by atoms with van der Waals surface area (Å²) in [5, 5.41) is 6.91. The Morgan fingerprint density at radius 2 is 1.84 bits per heavy atom. The third-order valence-corrected chi connectivity index (χ3v) is 5.27. The minimum Gasteiger partial charge on any atom is -0.363 e. The number of para-hydroxylation sites is 1. The van der Waals surface area contributed by atoms with Crippen LogP contribution in [0.1, 0.15) is 33.2 Å². The third-order valence-electron chi connectivity index (χ3n) is 5.27. The number of nitrogens with zero attached hydrogens (tertiary/aromatic N) is 2. The van der Waals surface area contributed by atoms with Gasteiger partial charge in [0.2, 0.25) is 5.78 Å². The third kappa shape index (κ3) is 4.03. The van der Waals surface area contributed by atoms with Crippen LogP contribution in [0.4, 0.5) is 5.69 Å². The number of carbonyl (C=O) groups excluding carboxylic acids is 3. The number of rotatable bonds is 7. The summed E-state index contributed by atoms with van der Waals surface area (Å²) in [6.45, 7) is 0. The van der Waals surface area contributed by atoms with Gasteiger partial charge in [-0.05, 0) is 11.6 Å². The maximum atomic E-state index is 13.2. The second kappa shape index (κ2) is 8.41. The SMILES string of the molecule is Cn1ncc(C(=O)NC(Cc2ccccc2)C(=O)C(N)=O)c1C1NNc2ccccc21. The number of hydrogen-bond donors (Lipinski definition) is 4. The Labute approximate surface area is 178 Å². The highest BCUT2D eigenvalue weighted by molar-refractivity contribution is 6.38. The lowest BCUT2D eigenvalue weighted by Crippen LogP contribution is -2.47. The van der Waals surface area contributed by atoms with Gasteiger partial charge in [-0.1, -0.05) is 48.5 Å². The highest BCUT2D eigenvalue weighted by atomic mass is 16.2. The average molecular weight is 418 g/mol. The number of amides is 2. The molecule has 0 radical (unpaired) electrons. The normalized spacial score (nSPS) is 15.6. The summed E-state index contributed by atoms with van der Waals surface area (Å²) in [5.41, 5.74) is 15.1. The standard InChI is InChI=1S/C22H22N6O3/c1-28-19(18-14-9-5-6-10-16(14)26-27-18)15(12-24-28)22(31)25-17(20(29)21(23)30)11-13-7-3-2-4-8-13/h2-10,12,17-18,26-27H,11H2,1H3,(H2,23,30)(H,25,31). The van der Waals surface area contributed by atoms with Gasteiger partial charge in [0.05, 0.1) is 29.2 Å². The molecule has 158 valence electrons. The van der Waals surface area contributed by atoms with Crippen molar-refractivity contribution in [1.29, 1.82) is 0 Å². The highest BCUT2D eigenvalue weighted by Crippen LogP contribution is 2.34. The predicted octanol–water partition coefficient (Wildman–Crippen LogP) is 0.835. The van der Waals surface area contributed by atoms with Crippen molar-refractivity contribution in [2.45, 2.75) is 18.5 Å². The summed E-state index contributed by atoms with van der Waals surface area (Å²) in [7, 11) is 1.74. The van der Waals surface area contributed by atoms with Crippen LogP contribution in [-0.2, 0) is 23.1 Å². The predicted molar refractivity (Wildman–Crippen MR) is 114 cm³/mol. The number of aryl methyl sites for hydroxylation is 1. The van der Waals surface area contributed by atoms with Crippen molar-refractivity contribution in [3.8, 4) is 0 Å². The molecule has 2 unspecified atom stereocenters. The fraction of sp³-hybridized carbons (Fsp3) is 0.182. The van der Waals surface area contributed by atoms with Crippen molar-refractivity contribution in [2.24, 2.45) is 12.8 Å². The van der Waals surface area contributed by atoms with E-state index in [0.29, 0.717) is 11.3 Å². The Bertz CT molecular complexity index is 1140. The summed E-state index contributed by atoms with van der Waals surface area (Å²) in [6, 6.07) is 15.4. The van der Waals surface area contributed by atoms with Crippen LogP contribution >= 0.6 is 0 Å². The molecule has 4 rings (SSSR count). The molecule has 3 aromatic rings. The molecule has 0 spiro atoms. The van der Waals surface area contributed by atoms with E-state index in [-0.39, 0.29) is 12.5 Å². The smallest absolute Gasteiger partial charge is 0.287 e. The lowest BCUT2D eigenvalue weighted by molar-refractivity contribution is -0.137. The van der Waals surface area contributed by atoms with Gasteiger partial charge in [-0.15, -0.1) is 0 Å². The number of nitrogens with two attached hydrogens (primary N) is 1. The molecule has 9 nitrogen and oxygen atoms in total. The number of benzene rings is 2. The summed E-state index contributed by atoms with van der Waals surface area (Å²) in [5.74, 6) is -2.46. The molecule has 31 heavy (non-hydrogen) atoms. The molecule has 0 fully saturated rings. The molecule has 0 saturated heterocycles. The van der Waals surface area contributed by atoms with E-state index in [4.69, 9.17) is 5.73 Å². The summed E-state index contributed by atoms with van der Waals surface area (Å²) in [6.07, 6.45) is 1.59. The van der Waals surface area contributed by atoms with Crippen molar-refractivity contribution < 1.29 is 14.4 Å². The maximum absolute atomic E-state index is 13.2. The Hall–Kier alpha value is -3.98. The Morgan fingerprint density at radius 1 is 1.13 bits per heavy atom. The number of Topliss-reactive ketones (excluding diaryl/α,β-unsaturated/α-hetero) is 1. The van der Waals surface area contributed by atoms with Gasteiger partial charge in [0.15, 0.2) is 0 Å². The topological polar surface area (TPSA) is 131 Å². The number of anilines is 1. The maximum Gasteiger partial charge on any atom is 0.287 e. The second-order valence-corrected chi connectivity index (χ2v) is 7.30. The zero-order valence-electron chi connectivity index (χ0n) is 16.8. The van der Waals surface area contributed by atoms with Gasteiger partial charge < -0.3 is 16.5 Å². The Morgan fingerprint density at radius 3 is 2.58 bits per heavy atom. The number of nitrogens with one attached hydrogen (secondary N) is 3. The van der Waals surface area contributed by atoms with Crippen molar-refractivity contribution >= 4 is 23.3 Å². The van der Waals surface area contributed by atoms with Gasteiger partial charge in [-0.2, -0.15) is 5.10 Å². The van der Waals surface area contributed by atoms with Crippen LogP contribution in [0.5, 0.6) is 0 Å². The number of hydrazine groups is 1. The second-order valence-electron chi connectivity index (χ2n) is 7.30. The van der Waals surface area contributed by atoms with Gasteiger partial charge >= 0.3 is 0 Å². The van der Waals surface area contributed by atoms with E-state index < -0.39 is 23.6 Å². The van der Waals surface area contributed by atoms with Crippen molar-refractivity contribution in [3.63, 3.8) is 0 Å². The number of fused-ring (bicyclic) bond motifs is 1.